The zero-order chi connectivity index (χ0) is 24.4. The second-order valence-corrected chi connectivity index (χ2v) is 10.1. The van der Waals surface area contributed by atoms with Crippen molar-refractivity contribution in [3.63, 3.8) is 0 Å². The van der Waals surface area contributed by atoms with Gasteiger partial charge in [-0.05, 0) is 49.9 Å². The van der Waals surface area contributed by atoms with Crippen molar-refractivity contribution >= 4 is 21.8 Å². The topological polar surface area (TPSA) is 86.8 Å². The predicted molar refractivity (Wildman–Crippen MR) is 130 cm³/mol. The molecular weight excluding hydrogens is 438 g/mol. The Labute approximate surface area is 197 Å². The molecule has 0 bridgehead atoms. The Morgan fingerprint density at radius 1 is 1.00 bits per heavy atom. The van der Waals surface area contributed by atoms with Crippen LogP contribution in [0.3, 0.4) is 0 Å². The molecule has 0 fully saturated rings. The van der Waals surface area contributed by atoms with Crippen molar-refractivity contribution in [3.05, 3.63) is 65.7 Å². The molecule has 0 saturated carbocycles. The van der Waals surface area contributed by atoms with E-state index in [1.165, 1.54) is 11.4 Å². The number of rotatable bonds is 12. The van der Waals surface area contributed by atoms with E-state index in [4.69, 9.17) is 0 Å². The maximum atomic E-state index is 13.2. The summed E-state index contributed by atoms with van der Waals surface area (Å²) < 4.78 is 26.7. The maximum Gasteiger partial charge on any atom is 0.242 e. The Morgan fingerprint density at radius 2 is 1.64 bits per heavy atom. The van der Waals surface area contributed by atoms with Crippen LogP contribution < -0.4 is 5.32 Å². The van der Waals surface area contributed by atoms with E-state index in [2.05, 4.69) is 5.32 Å². The molecule has 0 aliphatic carbocycles. The van der Waals surface area contributed by atoms with Crippen molar-refractivity contribution < 1.29 is 18.0 Å². The summed E-state index contributed by atoms with van der Waals surface area (Å²) >= 11 is 0. The monoisotopic (exact) mass is 473 g/mol. The first-order valence-electron chi connectivity index (χ1n) is 11.3. The first kappa shape index (κ1) is 26.5. The lowest BCUT2D eigenvalue weighted by Gasteiger charge is -2.31. The number of nitrogens with one attached hydrogen (secondary N) is 1. The lowest BCUT2D eigenvalue weighted by molar-refractivity contribution is -0.141. The molecule has 7 nitrogen and oxygen atoms in total. The number of carbonyl (C=O) groups excluding carboxylic acids is 2. The molecule has 2 aromatic rings. The van der Waals surface area contributed by atoms with E-state index in [1.54, 1.807) is 35.2 Å². The van der Waals surface area contributed by atoms with Gasteiger partial charge in [0.25, 0.3) is 0 Å². The SMILES string of the molecule is CCNC(=O)[C@@H](CC)N(Cc1ccccc1C)C(=O)CCCN(C)S(=O)(=O)c1ccccc1. The molecule has 2 amide bonds. The standard InChI is InChI=1S/C25H35N3O4S/c1-5-23(25(30)26-6-2)28(19-21-14-11-10-13-20(21)3)24(29)17-12-18-27(4)33(31,32)22-15-8-7-9-16-22/h7-11,13-16,23H,5-6,12,17-19H2,1-4H3,(H,26,30)/t23-/m1/s1. The summed E-state index contributed by atoms with van der Waals surface area (Å²) in [5, 5.41) is 2.82. The molecule has 0 aliphatic rings. The van der Waals surface area contributed by atoms with E-state index in [0.29, 0.717) is 25.9 Å². The van der Waals surface area contributed by atoms with Gasteiger partial charge in [0.15, 0.2) is 0 Å². The minimum Gasteiger partial charge on any atom is -0.355 e. The van der Waals surface area contributed by atoms with E-state index >= 15 is 0 Å². The van der Waals surface area contributed by atoms with Crippen LogP contribution in [0.25, 0.3) is 0 Å². The average Bonchev–Trinajstić information content (AvgIpc) is 2.80. The summed E-state index contributed by atoms with van der Waals surface area (Å²) in [6.07, 6.45) is 1.000. The summed E-state index contributed by atoms with van der Waals surface area (Å²) in [6, 6.07) is 15.4. The highest BCUT2D eigenvalue weighted by Gasteiger charge is 2.29. The lowest BCUT2D eigenvalue weighted by atomic mass is 10.1. The van der Waals surface area contributed by atoms with E-state index in [0.717, 1.165) is 11.1 Å². The molecule has 0 unspecified atom stereocenters. The molecule has 2 rings (SSSR count). The predicted octanol–water partition coefficient (Wildman–Crippen LogP) is 3.34. The van der Waals surface area contributed by atoms with Gasteiger partial charge in [-0.2, -0.15) is 0 Å². The van der Waals surface area contributed by atoms with Crippen LogP contribution >= 0.6 is 0 Å². The van der Waals surface area contributed by atoms with Gasteiger partial charge in [0.1, 0.15) is 6.04 Å². The van der Waals surface area contributed by atoms with Crippen molar-refractivity contribution in [2.24, 2.45) is 0 Å². The van der Waals surface area contributed by atoms with Crippen LogP contribution in [-0.4, -0.2) is 55.6 Å². The van der Waals surface area contributed by atoms with Gasteiger partial charge in [0.2, 0.25) is 21.8 Å². The number of nitrogens with zero attached hydrogens (tertiary/aromatic N) is 2. The van der Waals surface area contributed by atoms with E-state index in [1.807, 2.05) is 45.0 Å². The smallest absolute Gasteiger partial charge is 0.242 e. The van der Waals surface area contributed by atoms with Crippen LogP contribution in [0.1, 0.15) is 44.2 Å². The fraction of sp³-hybridized carbons (Fsp3) is 0.440. The second kappa shape index (κ2) is 12.5. The summed E-state index contributed by atoms with van der Waals surface area (Å²) in [4.78, 5) is 27.8. The molecule has 1 atom stereocenters. The normalized spacial score (nSPS) is 12.4. The van der Waals surface area contributed by atoms with Crippen LogP contribution in [0, 0.1) is 6.92 Å². The highest BCUT2D eigenvalue weighted by Crippen LogP contribution is 2.18. The van der Waals surface area contributed by atoms with Gasteiger partial charge in [-0.1, -0.05) is 49.4 Å². The number of likely N-dealkylation sites (N-methyl/N-ethyl adjacent to an activating group) is 1. The number of hydrogen-bond acceptors (Lipinski definition) is 4. The lowest BCUT2D eigenvalue weighted by Crippen LogP contribution is -2.49. The zero-order valence-electron chi connectivity index (χ0n) is 20.0. The van der Waals surface area contributed by atoms with Gasteiger partial charge in [-0.3, -0.25) is 9.59 Å². The number of amides is 2. The number of carbonyl (C=O) groups is 2. The number of benzene rings is 2. The first-order valence-corrected chi connectivity index (χ1v) is 12.8. The quantitative estimate of drug-likeness (QED) is 0.512. The number of hydrogen-bond donors (Lipinski definition) is 1. The van der Waals surface area contributed by atoms with Gasteiger partial charge in [0, 0.05) is 33.1 Å². The maximum absolute atomic E-state index is 13.2. The molecule has 0 heterocycles. The molecule has 0 aliphatic heterocycles. The average molecular weight is 474 g/mol. The third-order valence-electron chi connectivity index (χ3n) is 5.65. The molecule has 1 N–H and O–H groups in total. The highest BCUT2D eigenvalue weighted by atomic mass is 32.2. The van der Waals surface area contributed by atoms with Crippen molar-refractivity contribution in [2.75, 3.05) is 20.1 Å². The van der Waals surface area contributed by atoms with Crippen LogP contribution in [0.4, 0.5) is 0 Å². The summed E-state index contributed by atoms with van der Waals surface area (Å²) in [5.74, 6) is -0.340. The summed E-state index contributed by atoms with van der Waals surface area (Å²) in [6.45, 7) is 6.75. The highest BCUT2D eigenvalue weighted by molar-refractivity contribution is 7.89. The zero-order valence-corrected chi connectivity index (χ0v) is 20.8. The van der Waals surface area contributed by atoms with Crippen LogP contribution in [-0.2, 0) is 26.2 Å². The third-order valence-corrected chi connectivity index (χ3v) is 7.52. The Balaban J connectivity index is 2.12. The Morgan fingerprint density at radius 3 is 2.24 bits per heavy atom. The van der Waals surface area contributed by atoms with Crippen molar-refractivity contribution in [1.29, 1.82) is 0 Å². The Kier molecular flexibility index (Phi) is 10.1. The van der Waals surface area contributed by atoms with Gasteiger partial charge in [-0.25, -0.2) is 12.7 Å². The molecule has 33 heavy (non-hydrogen) atoms. The Hall–Kier alpha value is -2.71. The van der Waals surface area contributed by atoms with Crippen LogP contribution in [0.2, 0.25) is 0 Å². The fourth-order valence-corrected chi connectivity index (χ4v) is 4.90. The molecule has 0 radical (unpaired) electrons. The van der Waals surface area contributed by atoms with Crippen molar-refractivity contribution in [2.45, 2.75) is 57.5 Å². The van der Waals surface area contributed by atoms with Crippen molar-refractivity contribution in [3.8, 4) is 0 Å². The molecule has 8 heteroatoms. The minimum atomic E-state index is -3.61. The molecule has 0 aromatic heterocycles. The van der Waals surface area contributed by atoms with Gasteiger partial charge in [0.05, 0.1) is 4.90 Å². The van der Waals surface area contributed by atoms with Gasteiger partial charge < -0.3 is 10.2 Å². The third kappa shape index (κ3) is 7.14. The second-order valence-electron chi connectivity index (χ2n) is 8.01. The van der Waals surface area contributed by atoms with Crippen molar-refractivity contribution in [1.82, 2.24) is 14.5 Å². The first-order chi connectivity index (χ1) is 15.7. The van der Waals surface area contributed by atoms with E-state index in [9.17, 15) is 18.0 Å². The summed E-state index contributed by atoms with van der Waals surface area (Å²) in [7, 11) is -2.09. The molecule has 180 valence electrons. The largest absolute Gasteiger partial charge is 0.355 e. The summed E-state index contributed by atoms with van der Waals surface area (Å²) in [5.41, 5.74) is 2.03. The molecule has 2 aromatic carbocycles. The number of aryl methyl sites for hydroxylation is 1. The van der Waals surface area contributed by atoms with E-state index in [-0.39, 0.29) is 29.7 Å². The molecule has 0 saturated heterocycles. The van der Waals surface area contributed by atoms with E-state index < -0.39 is 16.1 Å². The fourth-order valence-electron chi connectivity index (χ4n) is 3.67. The molecule has 0 spiro atoms. The number of sulfonamides is 1. The molecular formula is C25H35N3O4S. The van der Waals surface area contributed by atoms with Gasteiger partial charge in [-0.15, -0.1) is 0 Å². The minimum absolute atomic E-state index is 0.149. The van der Waals surface area contributed by atoms with Crippen LogP contribution in [0.5, 0.6) is 0 Å². The Bertz CT molecular complexity index is 1020. The van der Waals surface area contributed by atoms with Crippen LogP contribution in [0.15, 0.2) is 59.5 Å². The van der Waals surface area contributed by atoms with Gasteiger partial charge >= 0.3 is 0 Å².